The molecule has 0 radical (unpaired) electrons. The Morgan fingerprint density at radius 2 is 1.82 bits per heavy atom. The van der Waals surface area contributed by atoms with Crippen LogP contribution in [0.2, 0.25) is 0 Å². The molecule has 1 amide bonds. The van der Waals surface area contributed by atoms with Gasteiger partial charge in [0.05, 0.1) is 18.7 Å². The van der Waals surface area contributed by atoms with Crippen LogP contribution in [0.15, 0.2) is 29.3 Å². The normalized spacial score (nSPS) is 11.6. The fourth-order valence-corrected chi connectivity index (χ4v) is 1.99. The summed E-state index contributed by atoms with van der Waals surface area (Å²) in [6.45, 7) is 4.01. The Morgan fingerprint density at radius 1 is 1.18 bits per heavy atom. The number of nitrogens with zero attached hydrogens (tertiary/aromatic N) is 2. The number of carbonyl (C=O) groups excluding carboxylic acids is 1. The number of hydrogen-bond acceptors (Lipinski definition) is 3. The number of amides is 1. The van der Waals surface area contributed by atoms with Gasteiger partial charge in [0.15, 0.2) is 5.96 Å². The molecule has 0 bridgehead atoms. The predicted molar refractivity (Wildman–Crippen MR) is 114 cm³/mol. The molecule has 2 N–H and O–H groups in total. The largest absolute Gasteiger partial charge is 0.416 e. The smallest absolute Gasteiger partial charge is 0.382 e. The topological polar surface area (TPSA) is 66.0 Å². The molecule has 0 aliphatic rings. The van der Waals surface area contributed by atoms with E-state index in [0.29, 0.717) is 31.3 Å². The lowest BCUT2D eigenvalue weighted by molar-refractivity contribution is -0.137. The van der Waals surface area contributed by atoms with Gasteiger partial charge in [-0.05, 0) is 31.0 Å². The summed E-state index contributed by atoms with van der Waals surface area (Å²) in [5.74, 6) is 0.301. The lowest BCUT2D eigenvalue weighted by Crippen LogP contribution is -2.43. The molecule has 0 spiro atoms. The Hall–Kier alpha value is -1.56. The summed E-state index contributed by atoms with van der Waals surface area (Å²) in [6.07, 6.45) is -3.60. The number of rotatable bonds is 9. The van der Waals surface area contributed by atoms with E-state index >= 15 is 0 Å². The van der Waals surface area contributed by atoms with Gasteiger partial charge in [-0.25, -0.2) is 4.99 Å². The first-order valence-corrected chi connectivity index (χ1v) is 8.70. The highest BCUT2D eigenvalue weighted by Crippen LogP contribution is 2.29. The number of alkyl halides is 3. The summed E-state index contributed by atoms with van der Waals surface area (Å²) in [5, 5.41) is 6.01. The molecule has 1 rings (SSSR count). The third-order valence-corrected chi connectivity index (χ3v) is 3.57. The number of nitrogens with one attached hydrogen (secondary N) is 2. The molecule has 28 heavy (non-hydrogen) atoms. The minimum absolute atomic E-state index is 0. The second-order valence-electron chi connectivity index (χ2n) is 5.98. The van der Waals surface area contributed by atoms with Crippen LogP contribution < -0.4 is 10.6 Å². The molecule has 0 saturated carbocycles. The summed E-state index contributed by atoms with van der Waals surface area (Å²) in [6, 6.07) is 4.85. The molecule has 0 aromatic heterocycles. The first kappa shape index (κ1) is 26.4. The number of ether oxygens (including phenoxy) is 1. The Kier molecular flexibility index (Phi) is 12.8. The van der Waals surface area contributed by atoms with Crippen LogP contribution in [-0.4, -0.2) is 57.2 Å². The lowest BCUT2D eigenvalue weighted by Gasteiger charge is -2.15. The second kappa shape index (κ2) is 13.6. The Morgan fingerprint density at radius 3 is 2.36 bits per heavy atom. The summed E-state index contributed by atoms with van der Waals surface area (Å²) < 4.78 is 43.1. The summed E-state index contributed by atoms with van der Waals surface area (Å²) in [7, 11) is 3.30. The van der Waals surface area contributed by atoms with E-state index in [1.165, 1.54) is 17.0 Å². The van der Waals surface area contributed by atoms with Crippen molar-refractivity contribution in [3.63, 3.8) is 0 Å². The molecule has 6 nitrogen and oxygen atoms in total. The third-order valence-electron chi connectivity index (χ3n) is 3.57. The number of aliphatic imine (C=N–C) groups is 1. The van der Waals surface area contributed by atoms with Gasteiger partial charge in [0.25, 0.3) is 0 Å². The number of likely N-dealkylation sites (N-methyl/N-ethyl adjacent to an activating group) is 1. The van der Waals surface area contributed by atoms with E-state index in [-0.39, 0.29) is 43.0 Å². The van der Waals surface area contributed by atoms with E-state index in [1.54, 1.807) is 14.1 Å². The number of carbonyl (C=O) groups is 1. The van der Waals surface area contributed by atoms with E-state index in [4.69, 9.17) is 4.74 Å². The van der Waals surface area contributed by atoms with Gasteiger partial charge in [0.2, 0.25) is 5.91 Å². The monoisotopic (exact) mass is 516 g/mol. The van der Waals surface area contributed by atoms with E-state index in [2.05, 4.69) is 15.6 Å². The van der Waals surface area contributed by atoms with Crippen LogP contribution in [0.25, 0.3) is 0 Å². The van der Waals surface area contributed by atoms with Crippen molar-refractivity contribution in [2.45, 2.75) is 26.1 Å². The summed E-state index contributed by atoms with van der Waals surface area (Å²) in [4.78, 5) is 17.5. The Bertz CT molecular complexity index is 608. The molecular formula is C18H28F3IN4O2. The molecule has 1 aromatic carbocycles. The highest BCUT2D eigenvalue weighted by Gasteiger charge is 2.29. The van der Waals surface area contributed by atoms with E-state index < -0.39 is 11.7 Å². The minimum Gasteiger partial charge on any atom is -0.382 e. The van der Waals surface area contributed by atoms with Crippen molar-refractivity contribution in [1.29, 1.82) is 0 Å². The van der Waals surface area contributed by atoms with Crippen LogP contribution in [0.3, 0.4) is 0 Å². The van der Waals surface area contributed by atoms with Crippen LogP contribution in [0.4, 0.5) is 13.2 Å². The van der Waals surface area contributed by atoms with Crippen LogP contribution in [0.5, 0.6) is 0 Å². The van der Waals surface area contributed by atoms with Gasteiger partial charge in [0, 0.05) is 33.9 Å². The molecule has 0 fully saturated rings. The van der Waals surface area contributed by atoms with E-state index in [0.717, 1.165) is 18.6 Å². The van der Waals surface area contributed by atoms with Gasteiger partial charge in [-0.15, -0.1) is 24.0 Å². The molecule has 0 heterocycles. The highest BCUT2D eigenvalue weighted by atomic mass is 127. The average Bonchev–Trinajstić information content (AvgIpc) is 2.62. The quantitative estimate of drug-likeness (QED) is 0.230. The van der Waals surface area contributed by atoms with Crippen LogP contribution >= 0.6 is 24.0 Å². The van der Waals surface area contributed by atoms with Gasteiger partial charge in [-0.2, -0.15) is 13.2 Å². The van der Waals surface area contributed by atoms with Crippen molar-refractivity contribution in [2.24, 2.45) is 4.99 Å². The molecule has 1 aromatic rings. The van der Waals surface area contributed by atoms with Crippen molar-refractivity contribution in [2.75, 3.05) is 40.4 Å². The molecule has 0 aliphatic carbocycles. The fourth-order valence-electron chi connectivity index (χ4n) is 1.99. The number of hydrogen-bond donors (Lipinski definition) is 2. The Labute approximate surface area is 180 Å². The van der Waals surface area contributed by atoms with Crippen LogP contribution in [0, 0.1) is 0 Å². The highest BCUT2D eigenvalue weighted by molar-refractivity contribution is 14.0. The summed E-state index contributed by atoms with van der Waals surface area (Å²) in [5.41, 5.74) is -0.0587. The molecule has 0 atom stereocenters. The first-order valence-electron chi connectivity index (χ1n) is 8.70. The van der Waals surface area contributed by atoms with Crippen molar-refractivity contribution in [1.82, 2.24) is 15.5 Å². The zero-order chi connectivity index (χ0) is 20.3. The van der Waals surface area contributed by atoms with E-state index in [1.807, 2.05) is 6.92 Å². The first-order chi connectivity index (χ1) is 12.7. The zero-order valence-electron chi connectivity index (χ0n) is 16.3. The SMILES string of the molecule is CCOCCCNC(=NCc1ccc(C(F)(F)F)cc1)NCC(=O)N(C)C.I. The molecule has 0 saturated heterocycles. The van der Waals surface area contributed by atoms with Crippen LogP contribution in [0.1, 0.15) is 24.5 Å². The van der Waals surface area contributed by atoms with Crippen molar-refractivity contribution < 1.29 is 22.7 Å². The van der Waals surface area contributed by atoms with Gasteiger partial charge in [0.1, 0.15) is 0 Å². The molecule has 160 valence electrons. The maximum atomic E-state index is 12.6. The zero-order valence-corrected chi connectivity index (χ0v) is 18.6. The van der Waals surface area contributed by atoms with Crippen molar-refractivity contribution >= 4 is 35.8 Å². The number of guanidine groups is 1. The van der Waals surface area contributed by atoms with Crippen molar-refractivity contribution in [3.8, 4) is 0 Å². The number of benzene rings is 1. The van der Waals surface area contributed by atoms with Gasteiger partial charge < -0.3 is 20.3 Å². The Balaban J connectivity index is 0.00000729. The van der Waals surface area contributed by atoms with Gasteiger partial charge in [-0.3, -0.25) is 4.79 Å². The average molecular weight is 516 g/mol. The third kappa shape index (κ3) is 10.7. The second-order valence-corrected chi connectivity index (χ2v) is 5.98. The molecule has 0 aliphatic heterocycles. The summed E-state index contributed by atoms with van der Waals surface area (Å²) >= 11 is 0. The van der Waals surface area contributed by atoms with Crippen LogP contribution in [-0.2, 0) is 22.3 Å². The maximum absolute atomic E-state index is 12.6. The number of halogens is 4. The lowest BCUT2D eigenvalue weighted by atomic mass is 10.1. The fraction of sp³-hybridized carbons (Fsp3) is 0.556. The molecule has 0 unspecified atom stereocenters. The van der Waals surface area contributed by atoms with Gasteiger partial charge >= 0.3 is 6.18 Å². The minimum atomic E-state index is -4.36. The standard InChI is InChI=1S/C18H27F3N4O2.HI/c1-4-27-11-5-10-22-17(24-13-16(26)25(2)3)23-12-14-6-8-15(9-7-14)18(19,20)21;/h6-9H,4-5,10-13H2,1-3H3,(H2,22,23,24);1H. The van der Waals surface area contributed by atoms with Gasteiger partial charge in [-0.1, -0.05) is 12.1 Å². The van der Waals surface area contributed by atoms with Crippen molar-refractivity contribution in [3.05, 3.63) is 35.4 Å². The predicted octanol–water partition coefficient (Wildman–Crippen LogP) is 2.87. The van der Waals surface area contributed by atoms with E-state index in [9.17, 15) is 18.0 Å². The maximum Gasteiger partial charge on any atom is 0.416 e. The molecule has 10 heteroatoms. The molecular weight excluding hydrogens is 488 g/mol.